The molecule has 1 atom stereocenters. The summed E-state index contributed by atoms with van der Waals surface area (Å²) in [5.74, 6) is -0.658. The first-order valence-corrected chi connectivity index (χ1v) is 7.96. The molecule has 1 aromatic heterocycles. The van der Waals surface area contributed by atoms with Crippen molar-refractivity contribution in [3.63, 3.8) is 0 Å². The summed E-state index contributed by atoms with van der Waals surface area (Å²) in [4.78, 5) is 17.8. The lowest BCUT2D eigenvalue weighted by atomic mass is 9.95. The smallest absolute Gasteiger partial charge is 0.273 e. The van der Waals surface area contributed by atoms with Gasteiger partial charge in [-0.25, -0.2) is 4.39 Å². The molecule has 6 nitrogen and oxygen atoms in total. The van der Waals surface area contributed by atoms with Gasteiger partial charge in [0, 0.05) is 6.42 Å². The van der Waals surface area contributed by atoms with E-state index >= 15 is 0 Å². The monoisotopic (exact) mass is 334 g/mol. The summed E-state index contributed by atoms with van der Waals surface area (Å²) in [6, 6.07) is 5.92. The van der Waals surface area contributed by atoms with E-state index in [0.717, 1.165) is 17.0 Å². The lowest BCUT2D eigenvalue weighted by Gasteiger charge is -2.19. The zero-order valence-electron chi connectivity index (χ0n) is 12.7. The van der Waals surface area contributed by atoms with E-state index in [-0.39, 0.29) is 11.7 Å². The number of halogens is 1. The molecule has 0 spiro atoms. The number of amides is 1. The van der Waals surface area contributed by atoms with Crippen molar-refractivity contribution in [2.24, 2.45) is 5.16 Å². The number of aromatic nitrogens is 2. The highest BCUT2D eigenvalue weighted by Gasteiger charge is 2.42. The SMILES string of the molecule is CCc1nnc(NC(=O)[C@]2(C)CC(c3ccc(F)cc3)=NO2)s1. The summed E-state index contributed by atoms with van der Waals surface area (Å²) in [5, 5.41) is 15.8. The molecule has 23 heavy (non-hydrogen) atoms. The minimum Gasteiger partial charge on any atom is -0.379 e. The van der Waals surface area contributed by atoms with Gasteiger partial charge in [0.1, 0.15) is 10.8 Å². The fraction of sp³-hybridized carbons (Fsp3) is 0.333. The fourth-order valence-electron chi connectivity index (χ4n) is 2.14. The van der Waals surface area contributed by atoms with E-state index in [1.165, 1.54) is 23.5 Å². The van der Waals surface area contributed by atoms with Crippen molar-refractivity contribution in [2.45, 2.75) is 32.3 Å². The molecule has 1 amide bonds. The number of hydrogen-bond acceptors (Lipinski definition) is 6. The average molecular weight is 334 g/mol. The zero-order valence-corrected chi connectivity index (χ0v) is 13.5. The van der Waals surface area contributed by atoms with Gasteiger partial charge in [-0.15, -0.1) is 10.2 Å². The van der Waals surface area contributed by atoms with Crippen LogP contribution < -0.4 is 5.32 Å². The molecule has 120 valence electrons. The second kappa shape index (κ2) is 6.04. The number of benzene rings is 1. The minimum atomic E-state index is -1.12. The van der Waals surface area contributed by atoms with Crippen LogP contribution in [0.3, 0.4) is 0 Å². The third kappa shape index (κ3) is 3.21. The quantitative estimate of drug-likeness (QED) is 0.933. The largest absolute Gasteiger partial charge is 0.379 e. The maximum atomic E-state index is 13.0. The van der Waals surface area contributed by atoms with Crippen molar-refractivity contribution in [3.05, 3.63) is 40.7 Å². The summed E-state index contributed by atoms with van der Waals surface area (Å²) >= 11 is 1.33. The summed E-state index contributed by atoms with van der Waals surface area (Å²) in [5.41, 5.74) is 0.211. The first-order chi connectivity index (χ1) is 11.0. The van der Waals surface area contributed by atoms with Crippen LogP contribution in [0.1, 0.15) is 30.8 Å². The predicted octanol–water partition coefficient (Wildman–Crippen LogP) is 2.76. The number of aryl methyl sites for hydroxylation is 1. The Morgan fingerprint density at radius 1 is 1.39 bits per heavy atom. The van der Waals surface area contributed by atoms with Gasteiger partial charge in [0.05, 0.1) is 5.71 Å². The van der Waals surface area contributed by atoms with Crippen LogP contribution in [0.15, 0.2) is 29.4 Å². The Morgan fingerprint density at radius 3 is 2.78 bits per heavy atom. The fourth-order valence-corrected chi connectivity index (χ4v) is 2.81. The molecule has 0 aliphatic carbocycles. The van der Waals surface area contributed by atoms with Gasteiger partial charge < -0.3 is 4.84 Å². The van der Waals surface area contributed by atoms with Crippen LogP contribution in [0.5, 0.6) is 0 Å². The van der Waals surface area contributed by atoms with Gasteiger partial charge >= 0.3 is 0 Å². The topological polar surface area (TPSA) is 76.5 Å². The van der Waals surface area contributed by atoms with Crippen molar-refractivity contribution < 1.29 is 14.0 Å². The molecule has 0 saturated carbocycles. The Kier molecular flexibility index (Phi) is 4.08. The molecule has 0 radical (unpaired) electrons. The second-order valence-electron chi connectivity index (χ2n) is 5.35. The van der Waals surface area contributed by atoms with Gasteiger partial charge in [0.25, 0.3) is 5.91 Å². The van der Waals surface area contributed by atoms with E-state index in [9.17, 15) is 9.18 Å². The van der Waals surface area contributed by atoms with E-state index in [0.29, 0.717) is 17.3 Å². The summed E-state index contributed by atoms with van der Waals surface area (Å²) in [6.45, 7) is 3.63. The maximum absolute atomic E-state index is 13.0. The van der Waals surface area contributed by atoms with Crippen LogP contribution in [0.2, 0.25) is 0 Å². The summed E-state index contributed by atoms with van der Waals surface area (Å²) in [7, 11) is 0. The normalized spacial score (nSPS) is 20.0. The number of carbonyl (C=O) groups is 1. The van der Waals surface area contributed by atoms with Crippen LogP contribution in [-0.4, -0.2) is 27.4 Å². The molecule has 2 heterocycles. The highest BCUT2D eigenvalue weighted by Crippen LogP contribution is 2.28. The molecule has 0 saturated heterocycles. The van der Waals surface area contributed by atoms with Crippen LogP contribution in [0, 0.1) is 5.82 Å². The van der Waals surface area contributed by atoms with Crippen molar-refractivity contribution in [1.82, 2.24) is 10.2 Å². The molecule has 0 unspecified atom stereocenters. The average Bonchev–Trinajstić information content (AvgIpc) is 3.15. The van der Waals surface area contributed by atoms with E-state index in [1.807, 2.05) is 6.92 Å². The van der Waals surface area contributed by atoms with Crippen molar-refractivity contribution >= 4 is 28.1 Å². The molecule has 0 fully saturated rings. The maximum Gasteiger partial charge on any atom is 0.273 e. The highest BCUT2D eigenvalue weighted by molar-refractivity contribution is 7.15. The van der Waals surface area contributed by atoms with Gasteiger partial charge in [-0.2, -0.15) is 0 Å². The number of anilines is 1. The second-order valence-corrected chi connectivity index (χ2v) is 6.41. The molecule has 1 aromatic carbocycles. The van der Waals surface area contributed by atoms with Crippen LogP contribution in [0.25, 0.3) is 0 Å². The van der Waals surface area contributed by atoms with E-state index in [2.05, 4.69) is 20.7 Å². The summed E-state index contributed by atoms with van der Waals surface area (Å²) in [6.07, 6.45) is 1.06. The van der Waals surface area contributed by atoms with Gasteiger partial charge in [0.2, 0.25) is 10.7 Å². The van der Waals surface area contributed by atoms with E-state index in [1.54, 1.807) is 19.1 Å². The number of carbonyl (C=O) groups excluding carboxylic acids is 1. The third-order valence-electron chi connectivity index (χ3n) is 3.51. The number of oxime groups is 1. The third-order valence-corrected chi connectivity index (χ3v) is 4.49. The first-order valence-electron chi connectivity index (χ1n) is 7.15. The van der Waals surface area contributed by atoms with Crippen LogP contribution in [-0.2, 0) is 16.1 Å². The molecule has 1 N–H and O–H groups in total. The van der Waals surface area contributed by atoms with Crippen LogP contribution >= 0.6 is 11.3 Å². The lowest BCUT2D eigenvalue weighted by molar-refractivity contribution is -0.135. The van der Waals surface area contributed by atoms with Gasteiger partial charge in [-0.1, -0.05) is 35.5 Å². The minimum absolute atomic E-state index is 0.296. The Morgan fingerprint density at radius 2 is 2.13 bits per heavy atom. The number of nitrogens with zero attached hydrogens (tertiary/aromatic N) is 3. The van der Waals surface area contributed by atoms with E-state index in [4.69, 9.17) is 4.84 Å². The van der Waals surface area contributed by atoms with E-state index < -0.39 is 5.60 Å². The predicted molar refractivity (Wildman–Crippen MR) is 85.0 cm³/mol. The Balaban J connectivity index is 1.69. The Labute approximate surface area is 136 Å². The van der Waals surface area contributed by atoms with Crippen molar-refractivity contribution in [3.8, 4) is 0 Å². The summed E-state index contributed by atoms with van der Waals surface area (Å²) < 4.78 is 13.0. The van der Waals surface area contributed by atoms with Crippen molar-refractivity contribution in [1.29, 1.82) is 0 Å². The Bertz CT molecular complexity index is 759. The number of hydrogen-bond donors (Lipinski definition) is 1. The lowest BCUT2D eigenvalue weighted by Crippen LogP contribution is -2.40. The van der Waals surface area contributed by atoms with Gasteiger partial charge in [0.15, 0.2) is 0 Å². The molecule has 2 aromatic rings. The molecule has 0 bridgehead atoms. The van der Waals surface area contributed by atoms with Crippen LogP contribution in [0.4, 0.5) is 9.52 Å². The molecule has 1 aliphatic heterocycles. The van der Waals surface area contributed by atoms with Gasteiger partial charge in [-0.3, -0.25) is 10.1 Å². The van der Waals surface area contributed by atoms with Gasteiger partial charge in [-0.05, 0) is 31.0 Å². The molecule has 1 aliphatic rings. The molecule has 3 rings (SSSR count). The van der Waals surface area contributed by atoms with Crippen molar-refractivity contribution in [2.75, 3.05) is 5.32 Å². The molecular formula is C15H15FN4O2S. The highest BCUT2D eigenvalue weighted by atomic mass is 32.1. The zero-order chi connectivity index (χ0) is 16.4. The molecule has 8 heteroatoms. The number of nitrogens with one attached hydrogen (secondary N) is 1. The molecular weight excluding hydrogens is 319 g/mol. The standard InChI is InChI=1S/C15H15FN4O2S/c1-3-12-18-19-14(23-12)17-13(21)15(2)8-11(20-22-15)9-4-6-10(16)7-5-9/h4-7H,3,8H2,1-2H3,(H,17,19,21)/t15-/m0/s1. The first kappa shape index (κ1) is 15.5. The number of rotatable bonds is 4. The Hall–Kier alpha value is -2.35.